The second-order valence-corrected chi connectivity index (χ2v) is 8.30. The molecule has 1 aromatic carbocycles. The van der Waals surface area contributed by atoms with Crippen LogP contribution in [0, 0.1) is 0 Å². The molecule has 0 aliphatic heterocycles. The lowest BCUT2D eigenvalue weighted by molar-refractivity contribution is 0.531. The fourth-order valence-electron chi connectivity index (χ4n) is 1.30. The standard InChI is InChI=1S/C12H18BrNO2S/c1-9(10-7-5-6-8-11(10)13)14-17(15,16)12(2,3)4/h5-9,14H,1-4H3. The van der Waals surface area contributed by atoms with Crippen LogP contribution in [0.5, 0.6) is 0 Å². The van der Waals surface area contributed by atoms with E-state index in [0.717, 1.165) is 10.0 Å². The predicted octanol–water partition coefficient (Wildman–Crippen LogP) is 3.23. The van der Waals surface area contributed by atoms with Crippen LogP contribution in [0.25, 0.3) is 0 Å². The van der Waals surface area contributed by atoms with Gasteiger partial charge in [-0.15, -0.1) is 0 Å². The Morgan fingerprint density at radius 3 is 2.24 bits per heavy atom. The number of rotatable bonds is 3. The SMILES string of the molecule is CC(NS(=O)(=O)C(C)(C)C)c1ccccc1Br. The van der Waals surface area contributed by atoms with Crippen LogP contribution in [0.4, 0.5) is 0 Å². The number of sulfonamides is 1. The van der Waals surface area contributed by atoms with Gasteiger partial charge in [0.2, 0.25) is 10.0 Å². The van der Waals surface area contributed by atoms with Crippen molar-refractivity contribution < 1.29 is 8.42 Å². The lowest BCUT2D eigenvalue weighted by Crippen LogP contribution is -2.40. The van der Waals surface area contributed by atoms with Gasteiger partial charge in [0.1, 0.15) is 0 Å². The highest BCUT2D eigenvalue weighted by molar-refractivity contribution is 9.10. The molecule has 0 radical (unpaired) electrons. The molecule has 0 aromatic heterocycles. The summed E-state index contributed by atoms with van der Waals surface area (Å²) in [7, 11) is -3.33. The third kappa shape index (κ3) is 3.53. The van der Waals surface area contributed by atoms with Crippen molar-refractivity contribution in [3.8, 4) is 0 Å². The van der Waals surface area contributed by atoms with Crippen LogP contribution in [0.2, 0.25) is 0 Å². The van der Waals surface area contributed by atoms with Crippen LogP contribution in [0.15, 0.2) is 28.7 Å². The smallest absolute Gasteiger partial charge is 0.212 e. The summed E-state index contributed by atoms with van der Waals surface area (Å²) in [6.07, 6.45) is 0. The first-order valence-corrected chi connectivity index (χ1v) is 7.69. The highest BCUT2D eigenvalue weighted by Crippen LogP contribution is 2.25. The Hall–Kier alpha value is -0.390. The predicted molar refractivity (Wildman–Crippen MR) is 74.4 cm³/mol. The average molecular weight is 320 g/mol. The van der Waals surface area contributed by atoms with Gasteiger partial charge in [-0.3, -0.25) is 0 Å². The van der Waals surface area contributed by atoms with Crippen molar-refractivity contribution in [1.82, 2.24) is 4.72 Å². The summed E-state index contributed by atoms with van der Waals surface area (Å²) in [6.45, 7) is 6.88. The van der Waals surface area contributed by atoms with Crippen molar-refractivity contribution >= 4 is 26.0 Å². The Balaban J connectivity index is 2.96. The van der Waals surface area contributed by atoms with E-state index >= 15 is 0 Å². The molecule has 5 heteroatoms. The molecule has 1 atom stereocenters. The average Bonchev–Trinajstić information content (AvgIpc) is 2.15. The van der Waals surface area contributed by atoms with E-state index in [4.69, 9.17) is 0 Å². The summed E-state index contributed by atoms with van der Waals surface area (Å²) in [6, 6.07) is 7.34. The second kappa shape index (κ2) is 5.08. The van der Waals surface area contributed by atoms with Gasteiger partial charge >= 0.3 is 0 Å². The van der Waals surface area contributed by atoms with E-state index in [1.54, 1.807) is 20.8 Å². The van der Waals surface area contributed by atoms with Crippen molar-refractivity contribution in [2.75, 3.05) is 0 Å². The zero-order chi connectivity index (χ0) is 13.3. The van der Waals surface area contributed by atoms with Gasteiger partial charge in [-0.25, -0.2) is 13.1 Å². The summed E-state index contributed by atoms with van der Waals surface area (Å²) >= 11 is 3.42. The number of hydrogen-bond donors (Lipinski definition) is 1. The molecule has 0 saturated heterocycles. The van der Waals surface area contributed by atoms with Crippen LogP contribution in [-0.2, 0) is 10.0 Å². The summed E-state index contributed by atoms with van der Waals surface area (Å²) < 4.78 is 26.8. The first-order valence-electron chi connectivity index (χ1n) is 5.41. The Kier molecular flexibility index (Phi) is 4.38. The fraction of sp³-hybridized carbons (Fsp3) is 0.500. The first-order chi connectivity index (χ1) is 7.65. The summed E-state index contributed by atoms with van der Waals surface area (Å²) in [5.41, 5.74) is 0.931. The number of halogens is 1. The number of benzene rings is 1. The van der Waals surface area contributed by atoms with E-state index in [1.165, 1.54) is 0 Å². The molecule has 1 aromatic rings. The minimum absolute atomic E-state index is 0.255. The summed E-state index contributed by atoms with van der Waals surface area (Å²) in [5, 5.41) is 0. The molecule has 1 rings (SSSR count). The van der Waals surface area contributed by atoms with Crippen molar-refractivity contribution in [3.63, 3.8) is 0 Å². The zero-order valence-electron chi connectivity index (χ0n) is 10.5. The summed E-state index contributed by atoms with van der Waals surface area (Å²) in [5.74, 6) is 0. The molecule has 1 N–H and O–H groups in total. The van der Waals surface area contributed by atoms with E-state index in [0.29, 0.717) is 0 Å². The fourth-order valence-corrected chi connectivity index (χ4v) is 2.87. The topological polar surface area (TPSA) is 46.2 Å². The molecule has 0 fully saturated rings. The quantitative estimate of drug-likeness (QED) is 0.929. The molecular weight excluding hydrogens is 302 g/mol. The normalized spacial score (nSPS) is 14.6. The third-order valence-electron chi connectivity index (χ3n) is 2.51. The lowest BCUT2D eigenvalue weighted by Gasteiger charge is -2.23. The molecule has 0 saturated carbocycles. The monoisotopic (exact) mass is 319 g/mol. The molecule has 0 heterocycles. The Labute approximate surface area is 112 Å². The lowest BCUT2D eigenvalue weighted by atomic mass is 10.1. The molecule has 0 aliphatic rings. The molecule has 0 bridgehead atoms. The van der Waals surface area contributed by atoms with Crippen LogP contribution >= 0.6 is 15.9 Å². The Morgan fingerprint density at radius 1 is 1.24 bits per heavy atom. The van der Waals surface area contributed by atoms with E-state index in [-0.39, 0.29) is 6.04 Å². The van der Waals surface area contributed by atoms with Gasteiger partial charge in [0.05, 0.1) is 4.75 Å². The Morgan fingerprint density at radius 2 is 1.76 bits per heavy atom. The van der Waals surface area contributed by atoms with Gasteiger partial charge in [0, 0.05) is 10.5 Å². The summed E-state index contributed by atoms with van der Waals surface area (Å²) in [4.78, 5) is 0. The van der Waals surface area contributed by atoms with Crippen molar-refractivity contribution in [2.24, 2.45) is 0 Å². The third-order valence-corrected chi connectivity index (χ3v) is 5.51. The molecule has 3 nitrogen and oxygen atoms in total. The highest BCUT2D eigenvalue weighted by atomic mass is 79.9. The number of hydrogen-bond acceptors (Lipinski definition) is 2. The Bertz CT molecular complexity index is 491. The molecule has 17 heavy (non-hydrogen) atoms. The van der Waals surface area contributed by atoms with E-state index in [2.05, 4.69) is 20.7 Å². The molecular formula is C12H18BrNO2S. The van der Waals surface area contributed by atoms with Crippen LogP contribution in [0.3, 0.4) is 0 Å². The molecule has 96 valence electrons. The minimum Gasteiger partial charge on any atom is -0.212 e. The van der Waals surface area contributed by atoms with Gasteiger partial charge in [-0.1, -0.05) is 34.1 Å². The van der Waals surface area contributed by atoms with Gasteiger partial charge < -0.3 is 0 Å². The molecule has 0 spiro atoms. The van der Waals surface area contributed by atoms with Gasteiger partial charge in [0.15, 0.2) is 0 Å². The van der Waals surface area contributed by atoms with Crippen LogP contribution in [0.1, 0.15) is 39.3 Å². The largest absolute Gasteiger partial charge is 0.217 e. The van der Waals surface area contributed by atoms with Gasteiger partial charge in [-0.2, -0.15) is 0 Å². The second-order valence-electron chi connectivity index (χ2n) is 4.98. The maximum Gasteiger partial charge on any atom is 0.217 e. The van der Waals surface area contributed by atoms with Crippen LogP contribution < -0.4 is 4.72 Å². The first kappa shape index (κ1) is 14.7. The van der Waals surface area contributed by atoms with Crippen molar-refractivity contribution in [1.29, 1.82) is 0 Å². The molecule has 1 unspecified atom stereocenters. The van der Waals surface area contributed by atoms with E-state index in [9.17, 15) is 8.42 Å². The van der Waals surface area contributed by atoms with Gasteiger partial charge in [0.25, 0.3) is 0 Å². The van der Waals surface area contributed by atoms with E-state index < -0.39 is 14.8 Å². The zero-order valence-corrected chi connectivity index (χ0v) is 12.9. The maximum absolute atomic E-state index is 12.0. The maximum atomic E-state index is 12.0. The van der Waals surface area contributed by atoms with E-state index in [1.807, 2.05) is 31.2 Å². The molecule has 0 aliphatic carbocycles. The molecule has 0 amide bonds. The highest BCUT2D eigenvalue weighted by Gasteiger charge is 2.30. The van der Waals surface area contributed by atoms with Crippen molar-refractivity contribution in [2.45, 2.75) is 38.5 Å². The van der Waals surface area contributed by atoms with Crippen molar-refractivity contribution in [3.05, 3.63) is 34.3 Å². The van der Waals surface area contributed by atoms with Crippen LogP contribution in [-0.4, -0.2) is 13.2 Å². The number of nitrogens with one attached hydrogen (secondary N) is 1. The minimum atomic E-state index is -3.33. The van der Waals surface area contributed by atoms with Gasteiger partial charge in [-0.05, 0) is 39.3 Å².